The molecule has 1 fully saturated rings. The maximum Gasteiger partial charge on any atom is 0.452 e. The monoisotopic (exact) mass is 235 g/mol. The van der Waals surface area contributed by atoms with Crippen molar-refractivity contribution in [3.8, 4) is 0 Å². The van der Waals surface area contributed by atoms with Crippen molar-refractivity contribution in [2.24, 2.45) is 0 Å². The predicted molar refractivity (Wildman–Crippen MR) is 49.7 cm³/mol. The largest absolute Gasteiger partial charge is 0.452 e. The number of halogens is 3. The number of alkyl halides is 3. The van der Waals surface area contributed by atoms with Gasteiger partial charge < -0.3 is 9.84 Å². The van der Waals surface area contributed by atoms with E-state index in [1.54, 1.807) is 0 Å². The average Bonchev–Trinajstić information content (AvgIpc) is 2.67. The van der Waals surface area contributed by atoms with Gasteiger partial charge in [-0.15, -0.1) is 0 Å². The molecule has 0 amide bonds. The second-order valence-electron chi connectivity index (χ2n) is 3.71. The molecule has 0 spiro atoms. The van der Waals surface area contributed by atoms with Crippen molar-refractivity contribution >= 4 is 0 Å². The van der Waals surface area contributed by atoms with Crippen molar-refractivity contribution in [2.75, 3.05) is 26.2 Å². The molecule has 4 nitrogen and oxygen atoms in total. The maximum absolute atomic E-state index is 12.2. The predicted octanol–water partition coefficient (Wildman–Crippen LogP) is 1.10. The zero-order valence-electron chi connectivity index (χ0n) is 8.55. The molecule has 0 atom stereocenters. The summed E-state index contributed by atoms with van der Waals surface area (Å²) in [6, 6.07) is 0.960. The summed E-state index contributed by atoms with van der Waals surface area (Å²) in [5.74, 6) is -1.03. The third-order valence-corrected chi connectivity index (χ3v) is 2.43. The Morgan fingerprint density at radius 3 is 2.62 bits per heavy atom. The Morgan fingerprint density at radius 1 is 1.38 bits per heavy atom. The van der Waals surface area contributed by atoms with Gasteiger partial charge in [0.25, 0.3) is 0 Å². The van der Waals surface area contributed by atoms with Crippen molar-refractivity contribution in [2.45, 2.75) is 12.7 Å². The molecule has 90 valence electrons. The molecule has 0 aromatic carbocycles. The van der Waals surface area contributed by atoms with Gasteiger partial charge in [-0.25, -0.2) is 0 Å². The summed E-state index contributed by atoms with van der Waals surface area (Å²) in [5.41, 5.74) is 0.328. The van der Waals surface area contributed by atoms with Crippen molar-refractivity contribution in [3.05, 3.63) is 17.5 Å². The maximum atomic E-state index is 12.2. The lowest BCUT2D eigenvalue weighted by Gasteiger charge is -2.25. The fraction of sp³-hybridized carbons (Fsp3) is 0.667. The summed E-state index contributed by atoms with van der Waals surface area (Å²) in [4.78, 5) is 2.04. The Bertz CT molecular complexity index is 344. The van der Waals surface area contributed by atoms with E-state index in [0.29, 0.717) is 12.2 Å². The number of nitrogens with one attached hydrogen (secondary N) is 1. The zero-order chi connectivity index (χ0) is 11.6. The molecule has 1 aliphatic heterocycles. The number of aromatic nitrogens is 1. The molecular weight excluding hydrogens is 223 g/mol. The van der Waals surface area contributed by atoms with Gasteiger partial charge in [0.2, 0.25) is 5.76 Å². The first-order chi connectivity index (χ1) is 7.55. The van der Waals surface area contributed by atoms with Gasteiger partial charge in [-0.2, -0.15) is 13.2 Å². The van der Waals surface area contributed by atoms with Crippen LogP contribution in [0.15, 0.2) is 10.6 Å². The second kappa shape index (κ2) is 4.42. The van der Waals surface area contributed by atoms with Crippen LogP contribution >= 0.6 is 0 Å². The molecule has 0 aliphatic carbocycles. The topological polar surface area (TPSA) is 41.3 Å². The van der Waals surface area contributed by atoms with Crippen LogP contribution in [0.25, 0.3) is 0 Å². The normalized spacial score (nSPS) is 18.9. The lowest BCUT2D eigenvalue weighted by atomic mass is 10.3. The number of nitrogens with zero attached hydrogens (tertiary/aromatic N) is 2. The van der Waals surface area contributed by atoms with E-state index in [2.05, 4.69) is 15.0 Å². The number of piperazine rings is 1. The van der Waals surface area contributed by atoms with Crippen LogP contribution in [0.1, 0.15) is 11.5 Å². The Kier molecular flexibility index (Phi) is 3.15. The van der Waals surface area contributed by atoms with E-state index in [1.165, 1.54) is 0 Å². The van der Waals surface area contributed by atoms with Crippen LogP contribution in [0, 0.1) is 0 Å². The lowest BCUT2D eigenvalue weighted by Crippen LogP contribution is -2.42. The van der Waals surface area contributed by atoms with Crippen molar-refractivity contribution in [1.82, 2.24) is 15.4 Å². The summed E-state index contributed by atoms with van der Waals surface area (Å²) in [6.45, 7) is 3.73. The Hall–Kier alpha value is -1.08. The lowest BCUT2D eigenvalue weighted by molar-refractivity contribution is -0.155. The molecule has 2 heterocycles. The van der Waals surface area contributed by atoms with Crippen LogP contribution in [-0.2, 0) is 12.7 Å². The molecule has 1 saturated heterocycles. The standard InChI is InChI=1S/C9H12F3N3O/c10-9(11,12)8-5-7(14-16-8)6-15-3-1-13-2-4-15/h5,13H,1-4,6H2. The van der Waals surface area contributed by atoms with Gasteiger partial charge in [0.05, 0.1) is 5.69 Å². The van der Waals surface area contributed by atoms with Crippen molar-refractivity contribution in [3.63, 3.8) is 0 Å². The summed E-state index contributed by atoms with van der Waals surface area (Å²) in [6.07, 6.45) is -4.45. The van der Waals surface area contributed by atoms with Crippen LogP contribution < -0.4 is 5.32 Å². The smallest absolute Gasteiger partial charge is 0.351 e. The highest BCUT2D eigenvalue weighted by Gasteiger charge is 2.36. The van der Waals surface area contributed by atoms with Gasteiger partial charge in [0, 0.05) is 38.8 Å². The fourth-order valence-electron chi connectivity index (χ4n) is 1.62. The number of rotatable bonds is 2. The molecular formula is C9H12F3N3O. The van der Waals surface area contributed by atoms with E-state index < -0.39 is 11.9 Å². The van der Waals surface area contributed by atoms with E-state index >= 15 is 0 Å². The molecule has 2 rings (SSSR count). The van der Waals surface area contributed by atoms with Crippen LogP contribution in [0.4, 0.5) is 13.2 Å². The summed E-state index contributed by atoms with van der Waals surface area (Å²) < 4.78 is 40.9. The van der Waals surface area contributed by atoms with Gasteiger partial charge in [-0.1, -0.05) is 5.16 Å². The summed E-state index contributed by atoms with van der Waals surface area (Å²) in [5, 5.41) is 6.58. The first-order valence-corrected chi connectivity index (χ1v) is 5.01. The summed E-state index contributed by atoms with van der Waals surface area (Å²) >= 11 is 0. The minimum Gasteiger partial charge on any atom is -0.351 e. The number of hydrogen-bond donors (Lipinski definition) is 1. The highest BCUT2D eigenvalue weighted by atomic mass is 19.4. The van der Waals surface area contributed by atoms with Crippen molar-refractivity contribution in [1.29, 1.82) is 0 Å². The second-order valence-corrected chi connectivity index (χ2v) is 3.71. The average molecular weight is 235 g/mol. The van der Waals surface area contributed by atoms with Gasteiger partial charge >= 0.3 is 6.18 Å². The zero-order valence-corrected chi connectivity index (χ0v) is 8.55. The van der Waals surface area contributed by atoms with E-state index in [-0.39, 0.29) is 0 Å². The molecule has 0 saturated carbocycles. The minimum atomic E-state index is -4.45. The highest BCUT2D eigenvalue weighted by molar-refractivity contribution is 5.08. The molecule has 1 N–H and O–H groups in total. The van der Waals surface area contributed by atoms with Crippen LogP contribution in [0.3, 0.4) is 0 Å². The van der Waals surface area contributed by atoms with E-state index in [0.717, 1.165) is 32.2 Å². The Labute approximate surface area is 90.4 Å². The van der Waals surface area contributed by atoms with E-state index in [9.17, 15) is 13.2 Å². The van der Waals surface area contributed by atoms with E-state index in [1.807, 2.05) is 4.90 Å². The fourth-order valence-corrected chi connectivity index (χ4v) is 1.62. The molecule has 0 radical (unpaired) electrons. The molecule has 1 aliphatic rings. The van der Waals surface area contributed by atoms with Gasteiger partial charge in [-0.3, -0.25) is 4.90 Å². The first-order valence-electron chi connectivity index (χ1n) is 5.01. The van der Waals surface area contributed by atoms with E-state index in [4.69, 9.17) is 0 Å². The molecule has 0 unspecified atom stereocenters. The van der Waals surface area contributed by atoms with Gasteiger partial charge in [-0.05, 0) is 0 Å². The SMILES string of the molecule is FC(F)(F)c1cc(CN2CCNCC2)no1. The third kappa shape index (κ3) is 2.73. The molecule has 16 heavy (non-hydrogen) atoms. The Balaban J connectivity index is 1.97. The Morgan fingerprint density at radius 2 is 2.06 bits per heavy atom. The van der Waals surface area contributed by atoms with Crippen LogP contribution in [-0.4, -0.2) is 36.2 Å². The van der Waals surface area contributed by atoms with Crippen LogP contribution in [0.2, 0.25) is 0 Å². The van der Waals surface area contributed by atoms with Crippen molar-refractivity contribution < 1.29 is 17.7 Å². The highest BCUT2D eigenvalue weighted by Crippen LogP contribution is 2.29. The van der Waals surface area contributed by atoms with Gasteiger partial charge in [0.15, 0.2) is 0 Å². The van der Waals surface area contributed by atoms with Crippen LogP contribution in [0.5, 0.6) is 0 Å². The summed E-state index contributed by atoms with van der Waals surface area (Å²) in [7, 11) is 0. The molecule has 1 aromatic rings. The molecule has 0 bridgehead atoms. The van der Waals surface area contributed by atoms with Gasteiger partial charge in [0.1, 0.15) is 0 Å². The number of hydrogen-bond acceptors (Lipinski definition) is 4. The molecule has 7 heteroatoms. The molecule has 1 aromatic heterocycles. The minimum absolute atomic E-state index is 0.328. The third-order valence-electron chi connectivity index (χ3n) is 2.43. The first kappa shape index (κ1) is 11.4. The quantitative estimate of drug-likeness (QED) is 0.833.